The smallest absolute Gasteiger partial charge is 0.383 e. The van der Waals surface area contributed by atoms with E-state index in [0.29, 0.717) is 24.7 Å². The van der Waals surface area contributed by atoms with E-state index in [1.54, 1.807) is 4.90 Å². The van der Waals surface area contributed by atoms with E-state index < -0.39 is 24.0 Å². The molecule has 3 heterocycles. The first-order chi connectivity index (χ1) is 14.1. The Hall–Kier alpha value is -2.23. The van der Waals surface area contributed by atoms with Gasteiger partial charge in [-0.05, 0) is 50.8 Å². The Morgan fingerprint density at radius 3 is 2.57 bits per heavy atom. The van der Waals surface area contributed by atoms with Crippen LogP contribution in [-0.2, 0) is 6.18 Å². The number of pyridine rings is 1. The molecule has 2 fully saturated rings. The quantitative estimate of drug-likeness (QED) is 0.715. The maximum atomic E-state index is 13.2. The number of nitrogens with zero attached hydrogens (tertiary/aromatic N) is 4. The van der Waals surface area contributed by atoms with E-state index in [4.69, 9.17) is 5.73 Å². The number of rotatable bonds is 5. The molecular weight excluding hydrogens is 405 g/mol. The summed E-state index contributed by atoms with van der Waals surface area (Å²) in [6.07, 6.45) is -4.82. The van der Waals surface area contributed by atoms with E-state index in [-0.39, 0.29) is 30.0 Å². The van der Waals surface area contributed by atoms with Gasteiger partial charge in [-0.25, -0.2) is 13.8 Å². The SMILES string of the molecule is CC(C)n1nc(-c2cnc(N)c(C(F)(F)F)c2)cc1[C@H]1[C@@H]2CN(CC(F)F)CC[C@@H]21. The molecule has 0 amide bonds. The van der Waals surface area contributed by atoms with Crippen LogP contribution in [0.15, 0.2) is 18.3 Å². The number of hydrogen-bond acceptors (Lipinski definition) is 4. The molecule has 164 valence electrons. The van der Waals surface area contributed by atoms with Crippen LogP contribution in [-0.4, -0.2) is 45.7 Å². The summed E-state index contributed by atoms with van der Waals surface area (Å²) in [6, 6.07) is 2.80. The summed E-state index contributed by atoms with van der Waals surface area (Å²) in [5.41, 5.74) is 6.03. The minimum Gasteiger partial charge on any atom is -0.383 e. The van der Waals surface area contributed by atoms with Crippen molar-refractivity contribution in [1.29, 1.82) is 0 Å². The fourth-order valence-corrected chi connectivity index (χ4v) is 4.66. The highest BCUT2D eigenvalue weighted by Gasteiger charge is 2.54. The Labute approximate surface area is 171 Å². The lowest BCUT2D eigenvalue weighted by molar-refractivity contribution is -0.137. The Morgan fingerprint density at radius 2 is 1.93 bits per heavy atom. The molecule has 1 aliphatic heterocycles. The molecule has 4 rings (SSSR count). The van der Waals surface area contributed by atoms with Crippen LogP contribution in [0.4, 0.5) is 27.8 Å². The number of alkyl halides is 5. The average Bonchev–Trinajstić information content (AvgIpc) is 3.17. The Kier molecular flexibility index (Phi) is 5.24. The van der Waals surface area contributed by atoms with Crippen molar-refractivity contribution < 1.29 is 22.0 Å². The largest absolute Gasteiger partial charge is 0.419 e. The first kappa shape index (κ1) is 21.0. The van der Waals surface area contributed by atoms with Crippen LogP contribution in [0.25, 0.3) is 11.3 Å². The summed E-state index contributed by atoms with van der Waals surface area (Å²) < 4.78 is 67.0. The molecule has 0 bridgehead atoms. The molecule has 1 saturated heterocycles. The fraction of sp³-hybridized carbons (Fsp3) is 0.600. The molecule has 1 saturated carbocycles. The molecular formula is C20H24F5N5. The van der Waals surface area contributed by atoms with Gasteiger partial charge < -0.3 is 5.73 Å². The monoisotopic (exact) mass is 429 g/mol. The zero-order valence-electron chi connectivity index (χ0n) is 16.7. The van der Waals surface area contributed by atoms with Crippen molar-refractivity contribution in [3.63, 3.8) is 0 Å². The van der Waals surface area contributed by atoms with Crippen LogP contribution in [0.3, 0.4) is 0 Å². The number of halogens is 5. The van der Waals surface area contributed by atoms with Gasteiger partial charge in [-0.3, -0.25) is 9.58 Å². The summed E-state index contributed by atoms with van der Waals surface area (Å²) in [5, 5.41) is 4.55. The van der Waals surface area contributed by atoms with Crippen molar-refractivity contribution >= 4 is 5.82 Å². The molecule has 30 heavy (non-hydrogen) atoms. The van der Waals surface area contributed by atoms with Gasteiger partial charge in [0, 0.05) is 36.0 Å². The summed E-state index contributed by atoms with van der Waals surface area (Å²) in [5.74, 6) is 0.285. The Balaban J connectivity index is 1.63. The normalized spacial score (nSPS) is 24.5. The van der Waals surface area contributed by atoms with E-state index in [9.17, 15) is 22.0 Å². The van der Waals surface area contributed by atoms with Gasteiger partial charge in [0.25, 0.3) is 6.43 Å². The summed E-state index contributed by atoms with van der Waals surface area (Å²) in [4.78, 5) is 5.50. The second-order valence-corrected chi connectivity index (χ2v) is 8.44. The first-order valence-electron chi connectivity index (χ1n) is 9.99. The minimum atomic E-state index is -4.60. The van der Waals surface area contributed by atoms with Crippen molar-refractivity contribution in [2.24, 2.45) is 11.8 Å². The number of piperidine rings is 1. The van der Waals surface area contributed by atoms with Crippen molar-refractivity contribution in [1.82, 2.24) is 19.7 Å². The molecule has 0 spiro atoms. The number of nitrogen functional groups attached to an aromatic ring is 1. The number of aromatic nitrogens is 3. The van der Waals surface area contributed by atoms with E-state index in [0.717, 1.165) is 18.2 Å². The second-order valence-electron chi connectivity index (χ2n) is 8.44. The highest BCUT2D eigenvalue weighted by molar-refractivity contribution is 5.63. The molecule has 1 aliphatic carbocycles. The molecule has 10 heteroatoms. The third-order valence-electron chi connectivity index (χ3n) is 6.09. The van der Waals surface area contributed by atoms with Gasteiger partial charge in [0.2, 0.25) is 0 Å². The summed E-state index contributed by atoms with van der Waals surface area (Å²) in [7, 11) is 0. The molecule has 2 N–H and O–H groups in total. The predicted molar refractivity (Wildman–Crippen MR) is 102 cm³/mol. The Bertz CT molecular complexity index is 923. The van der Waals surface area contributed by atoms with Crippen molar-refractivity contribution in [3.05, 3.63) is 29.6 Å². The topological polar surface area (TPSA) is 60.0 Å². The highest BCUT2D eigenvalue weighted by Crippen LogP contribution is 2.58. The minimum absolute atomic E-state index is 0.0115. The van der Waals surface area contributed by atoms with E-state index >= 15 is 0 Å². The van der Waals surface area contributed by atoms with Gasteiger partial charge in [0.15, 0.2) is 0 Å². The fourth-order valence-electron chi connectivity index (χ4n) is 4.66. The van der Waals surface area contributed by atoms with Crippen LogP contribution >= 0.6 is 0 Å². The highest BCUT2D eigenvalue weighted by atomic mass is 19.4. The number of nitrogens with two attached hydrogens (primary N) is 1. The molecule has 3 atom stereocenters. The third kappa shape index (κ3) is 3.89. The first-order valence-corrected chi connectivity index (χ1v) is 9.99. The lowest BCUT2D eigenvalue weighted by atomic mass is 10.1. The maximum Gasteiger partial charge on any atom is 0.419 e. The van der Waals surface area contributed by atoms with E-state index in [1.807, 2.05) is 24.6 Å². The van der Waals surface area contributed by atoms with Gasteiger partial charge in [-0.15, -0.1) is 0 Å². The zero-order valence-corrected chi connectivity index (χ0v) is 16.7. The van der Waals surface area contributed by atoms with Crippen LogP contribution in [0, 0.1) is 11.8 Å². The van der Waals surface area contributed by atoms with Gasteiger partial charge in [-0.1, -0.05) is 0 Å². The molecule has 2 aliphatic rings. The Morgan fingerprint density at radius 1 is 1.20 bits per heavy atom. The van der Waals surface area contributed by atoms with Crippen LogP contribution in [0.5, 0.6) is 0 Å². The maximum absolute atomic E-state index is 13.2. The second kappa shape index (κ2) is 7.47. The lowest BCUT2D eigenvalue weighted by Gasteiger charge is -2.25. The average molecular weight is 429 g/mol. The zero-order chi connectivity index (χ0) is 21.8. The third-order valence-corrected chi connectivity index (χ3v) is 6.09. The van der Waals surface area contributed by atoms with Gasteiger partial charge in [0.05, 0.1) is 17.8 Å². The number of hydrogen-bond donors (Lipinski definition) is 1. The number of fused-ring (bicyclic) bond motifs is 1. The number of anilines is 1. The van der Waals surface area contributed by atoms with Crippen molar-refractivity contribution in [3.8, 4) is 11.3 Å². The molecule has 2 aromatic heterocycles. The van der Waals surface area contributed by atoms with E-state index in [1.165, 1.54) is 6.20 Å². The summed E-state index contributed by atoms with van der Waals surface area (Å²) in [6.45, 7) is 4.94. The molecule has 5 nitrogen and oxygen atoms in total. The predicted octanol–water partition coefficient (Wildman–Crippen LogP) is 4.43. The van der Waals surface area contributed by atoms with Gasteiger partial charge >= 0.3 is 6.18 Å². The van der Waals surface area contributed by atoms with Gasteiger partial charge in [-0.2, -0.15) is 18.3 Å². The molecule has 0 aromatic carbocycles. The molecule has 0 unspecified atom stereocenters. The van der Waals surface area contributed by atoms with Crippen LogP contribution in [0.1, 0.15) is 43.5 Å². The van der Waals surface area contributed by atoms with Crippen LogP contribution in [0.2, 0.25) is 0 Å². The summed E-state index contributed by atoms with van der Waals surface area (Å²) >= 11 is 0. The van der Waals surface area contributed by atoms with Gasteiger partial charge in [0.1, 0.15) is 5.82 Å². The molecule has 0 radical (unpaired) electrons. The van der Waals surface area contributed by atoms with Crippen molar-refractivity contribution in [2.45, 2.75) is 44.8 Å². The van der Waals surface area contributed by atoms with Crippen LogP contribution < -0.4 is 5.73 Å². The van der Waals surface area contributed by atoms with E-state index in [2.05, 4.69) is 10.1 Å². The number of likely N-dealkylation sites (tertiary alicyclic amines) is 1. The lowest BCUT2D eigenvalue weighted by Crippen LogP contribution is -2.35. The van der Waals surface area contributed by atoms with Crippen molar-refractivity contribution in [2.75, 3.05) is 25.4 Å². The molecule has 2 aromatic rings. The standard InChI is InChI=1S/C20H24F5N5/c1-10(2)30-16(18-12-3-4-29(8-13(12)18)9-17(21)22)6-15(28-30)11-5-14(20(23,24)25)19(26)27-7-11/h5-7,10,12-13,17-18H,3-4,8-9H2,1-2H3,(H2,26,27)/t12-,13+,18+/m0/s1.